The Hall–Kier alpha value is -3.68. The van der Waals surface area contributed by atoms with Crippen molar-refractivity contribution in [1.29, 1.82) is 0 Å². The lowest BCUT2D eigenvalue weighted by Crippen LogP contribution is -2.37. The van der Waals surface area contributed by atoms with Crippen LogP contribution in [-0.2, 0) is 59.1 Å². The van der Waals surface area contributed by atoms with Crippen molar-refractivity contribution in [2.75, 3.05) is 23.8 Å². The SMILES string of the molecule is [B]P1(=O)OC[C@H]2O[C@@H](n3nc4c5c(ncnc53)NC(=O)CC4)C(F)[C@H]2OP([B])(=O)OC[C@H]2O[C@@H](n3nc4c5c(ccnc53)NC(=O)CC4)[C@@H](F)C2O1. The van der Waals surface area contributed by atoms with Crippen molar-refractivity contribution < 1.29 is 55.1 Å². The molecule has 25 heteroatoms. The molecule has 268 valence electrons. The molecule has 2 amide bonds. The highest BCUT2D eigenvalue weighted by molar-refractivity contribution is 7.79. The molecule has 0 aromatic carbocycles. The Morgan fingerprint density at radius 3 is 1.88 bits per heavy atom. The third-order valence-corrected chi connectivity index (χ3v) is 11.4. The lowest BCUT2D eigenvalue weighted by Gasteiger charge is -2.29. The summed E-state index contributed by atoms with van der Waals surface area (Å²) in [6.07, 6.45) is -10.7. The molecule has 4 radical (unpaired) electrons. The first kappa shape index (κ1) is 34.1. The number of hydrogen-bond donors (Lipinski definition) is 2. The topological polar surface area (TPSA) is 222 Å². The fourth-order valence-electron chi connectivity index (χ4n) is 7.01. The number of aromatic nitrogens is 7. The summed E-state index contributed by atoms with van der Waals surface area (Å²) in [6.45, 7) is -1.52. The lowest BCUT2D eigenvalue weighted by molar-refractivity contribution is -0.117. The average Bonchev–Trinajstić information content (AvgIpc) is 3.76. The standard InChI is InChI=1S/C27H25B2F2N9O10P2/c28-51(43)46-8-14-22(20(31)27(48-14)40-25-18-12(38-40)2-4-16(42)36-23(18)33-9-34-25)50-52(29,44)45-7-13-21(49-51)19(30)26(47-13)39-24-17-10(5-6-32-24)35-15(41)3-1-11(17)37-39/h5-6,9,13-14,19-22,26-27H,1-4,7-8H2,(H,35,41)(H,33,34,36,42)/t13-,14-,19+,20?,21?,22+,26-,27-,51?,52?/m1/s1. The number of carbonyl (C=O) groups is 2. The van der Waals surface area contributed by atoms with Gasteiger partial charge in [-0.05, 0) is 6.07 Å². The van der Waals surface area contributed by atoms with E-state index in [0.717, 1.165) is 15.7 Å². The summed E-state index contributed by atoms with van der Waals surface area (Å²) in [4.78, 5) is 36.9. The van der Waals surface area contributed by atoms with Crippen molar-refractivity contribution >= 4 is 75.5 Å². The Balaban J connectivity index is 1.00. The van der Waals surface area contributed by atoms with Gasteiger partial charge in [0, 0.05) is 31.9 Å². The van der Waals surface area contributed by atoms with Crippen LogP contribution in [0, 0.1) is 0 Å². The van der Waals surface area contributed by atoms with E-state index in [1.807, 2.05) is 0 Å². The van der Waals surface area contributed by atoms with E-state index in [-0.39, 0.29) is 54.6 Å². The molecule has 52 heavy (non-hydrogen) atoms. The predicted octanol–water partition coefficient (Wildman–Crippen LogP) is 1.88. The van der Waals surface area contributed by atoms with Crippen molar-refractivity contribution in [1.82, 2.24) is 34.5 Å². The van der Waals surface area contributed by atoms with Crippen LogP contribution in [0.3, 0.4) is 0 Å². The molecule has 3 saturated heterocycles. The van der Waals surface area contributed by atoms with Crippen LogP contribution in [0.1, 0.15) is 36.7 Å². The van der Waals surface area contributed by atoms with Crippen LogP contribution < -0.4 is 10.6 Å². The maximum atomic E-state index is 16.4. The number of fused-ring (bicyclic) bond motifs is 2. The number of ether oxygens (including phenoxy) is 2. The van der Waals surface area contributed by atoms with Gasteiger partial charge >= 0.3 is 0 Å². The summed E-state index contributed by atoms with van der Waals surface area (Å²) in [7, 11) is 2.51. The van der Waals surface area contributed by atoms with E-state index in [1.165, 1.54) is 6.20 Å². The van der Waals surface area contributed by atoms with Crippen LogP contribution >= 0.6 is 14.9 Å². The van der Waals surface area contributed by atoms with Crippen LogP contribution in [-0.4, -0.2) is 111 Å². The second-order valence-corrected chi connectivity index (χ2v) is 15.8. The second-order valence-electron chi connectivity index (χ2n) is 12.7. The number of nitrogens with zero attached hydrogens (tertiary/aromatic N) is 7. The van der Waals surface area contributed by atoms with Crippen LogP contribution in [0.15, 0.2) is 18.6 Å². The molecule has 3 fully saturated rings. The Labute approximate surface area is 293 Å². The maximum absolute atomic E-state index is 16.4. The number of halogens is 2. The van der Waals surface area contributed by atoms with E-state index in [2.05, 4.69) is 35.8 Å². The van der Waals surface area contributed by atoms with Crippen molar-refractivity contribution in [3.05, 3.63) is 30.0 Å². The molecule has 0 bridgehead atoms. The molecule has 5 aliphatic rings. The molecule has 4 unspecified atom stereocenters. The molecule has 0 saturated carbocycles. The highest BCUT2D eigenvalue weighted by Crippen LogP contribution is 2.54. The lowest BCUT2D eigenvalue weighted by atomic mass is 10.1. The van der Waals surface area contributed by atoms with E-state index >= 15 is 8.78 Å². The quantitative estimate of drug-likeness (QED) is 0.220. The summed E-state index contributed by atoms with van der Waals surface area (Å²) >= 11 is 0. The largest absolute Gasteiger partial charge is 0.345 e. The Bertz CT molecular complexity index is 2100. The second kappa shape index (κ2) is 12.4. The number of pyridine rings is 1. The van der Waals surface area contributed by atoms with Gasteiger partial charge < -0.3 is 38.2 Å². The summed E-state index contributed by atoms with van der Waals surface area (Å²) in [5.74, 6) is -0.331. The molecule has 10 atom stereocenters. The number of rotatable bonds is 2. The third-order valence-electron chi connectivity index (χ3n) is 9.33. The Morgan fingerprint density at radius 1 is 0.750 bits per heavy atom. The minimum Gasteiger partial charge on any atom is -0.345 e. The zero-order valence-corrected chi connectivity index (χ0v) is 28.4. The van der Waals surface area contributed by atoms with Crippen LogP contribution in [0.2, 0.25) is 0 Å². The van der Waals surface area contributed by atoms with E-state index in [4.69, 9.17) is 42.7 Å². The number of nitrogens with one attached hydrogen (secondary N) is 2. The highest BCUT2D eigenvalue weighted by Gasteiger charge is 2.54. The normalized spacial score (nSPS) is 36.6. The third kappa shape index (κ3) is 5.78. The van der Waals surface area contributed by atoms with E-state index < -0.39 is 77.4 Å². The maximum Gasteiger partial charge on any atom is 0.264 e. The molecule has 4 aromatic heterocycles. The molecule has 19 nitrogen and oxygen atoms in total. The van der Waals surface area contributed by atoms with Gasteiger partial charge in [0.1, 0.15) is 36.6 Å². The van der Waals surface area contributed by atoms with E-state index in [0.29, 0.717) is 27.8 Å². The number of aryl methyl sites for hydroxylation is 2. The molecule has 0 spiro atoms. The van der Waals surface area contributed by atoms with Gasteiger partial charge in [0.15, 0.2) is 36.1 Å². The number of carbonyl (C=O) groups excluding carboxylic acids is 2. The fourth-order valence-corrected chi connectivity index (χ4v) is 9.03. The van der Waals surface area contributed by atoms with Gasteiger partial charge in [-0.2, -0.15) is 10.2 Å². The first-order valence-electron chi connectivity index (χ1n) is 16.1. The molecule has 5 aliphatic heterocycles. The van der Waals surface area contributed by atoms with Crippen molar-refractivity contribution in [2.24, 2.45) is 0 Å². The zero-order valence-electron chi connectivity index (χ0n) is 26.6. The van der Waals surface area contributed by atoms with Gasteiger partial charge in [0.25, 0.3) is 14.9 Å². The van der Waals surface area contributed by atoms with Crippen molar-refractivity contribution in [3.8, 4) is 0 Å². The highest BCUT2D eigenvalue weighted by atomic mass is 31.2. The Morgan fingerprint density at radius 2 is 1.29 bits per heavy atom. The van der Waals surface area contributed by atoms with Crippen LogP contribution in [0.5, 0.6) is 0 Å². The summed E-state index contributed by atoms with van der Waals surface area (Å²) < 4.78 is 95.7. The first-order valence-corrected chi connectivity index (χ1v) is 19.3. The molecule has 2 N–H and O–H groups in total. The van der Waals surface area contributed by atoms with Gasteiger partial charge in [-0.25, -0.2) is 33.1 Å². The van der Waals surface area contributed by atoms with Gasteiger partial charge in [-0.1, -0.05) is 0 Å². The fraction of sp³-hybridized carbons (Fsp3) is 0.519. The predicted molar refractivity (Wildman–Crippen MR) is 173 cm³/mol. The number of amides is 2. The van der Waals surface area contributed by atoms with E-state index in [1.54, 1.807) is 6.07 Å². The summed E-state index contributed by atoms with van der Waals surface area (Å²) in [5, 5.41) is 15.2. The molecular weight excluding hydrogens is 732 g/mol. The monoisotopic (exact) mass is 757 g/mol. The summed E-state index contributed by atoms with van der Waals surface area (Å²) in [6, 6.07) is 1.58. The summed E-state index contributed by atoms with van der Waals surface area (Å²) in [5.41, 5.74) is 1.57. The molecular formula is C27H25B2F2N9O10P2. The van der Waals surface area contributed by atoms with Gasteiger partial charge in [0.2, 0.25) is 26.9 Å². The number of hydrogen-bond acceptors (Lipinski definition) is 15. The molecule has 4 aromatic rings. The smallest absolute Gasteiger partial charge is 0.264 e. The van der Waals surface area contributed by atoms with Gasteiger partial charge in [-0.3, -0.25) is 18.7 Å². The first-order chi connectivity index (χ1) is 24.9. The zero-order chi connectivity index (χ0) is 36.1. The Kier molecular flexibility index (Phi) is 8.16. The number of alkyl halides is 2. The number of anilines is 2. The van der Waals surface area contributed by atoms with E-state index in [9.17, 15) is 18.7 Å². The van der Waals surface area contributed by atoms with Crippen LogP contribution in [0.25, 0.3) is 22.1 Å². The van der Waals surface area contributed by atoms with Gasteiger partial charge in [0.05, 0.1) is 41.1 Å². The molecule has 9 heterocycles. The van der Waals surface area contributed by atoms with Crippen molar-refractivity contribution in [3.63, 3.8) is 0 Å². The minimum absolute atomic E-state index is 0.0813. The van der Waals surface area contributed by atoms with Gasteiger partial charge in [-0.15, -0.1) is 0 Å². The van der Waals surface area contributed by atoms with Crippen LogP contribution in [0.4, 0.5) is 20.3 Å². The average molecular weight is 757 g/mol. The van der Waals surface area contributed by atoms with Crippen molar-refractivity contribution in [2.45, 2.75) is 74.9 Å². The molecule has 9 rings (SSSR count). The minimum atomic E-state index is -4.68. The molecule has 0 aliphatic carbocycles.